The molecule has 2 aromatic carbocycles. The average molecular weight is 490 g/mol. The van der Waals surface area contributed by atoms with Gasteiger partial charge in [0.15, 0.2) is 17.0 Å². The van der Waals surface area contributed by atoms with Crippen molar-refractivity contribution in [3.05, 3.63) is 72.9 Å². The maximum Gasteiger partial charge on any atom is 0.231 e. The van der Waals surface area contributed by atoms with Crippen LogP contribution in [-0.4, -0.2) is 34.5 Å². The van der Waals surface area contributed by atoms with E-state index < -0.39 is 0 Å². The van der Waals surface area contributed by atoms with Crippen molar-refractivity contribution in [1.82, 2.24) is 34.5 Å². The second kappa shape index (κ2) is 9.16. The lowest BCUT2D eigenvalue weighted by Crippen LogP contribution is -2.13. The number of aromatic amines is 1. The zero-order valence-corrected chi connectivity index (χ0v) is 20.4. The van der Waals surface area contributed by atoms with Crippen molar-refractivity contribution >= 4 is 50.6 Å². The molecule has 0 aliphatic heterocycles. The van der Waals surface area contributed by atoms with Gasteiger partial charge in [-0.1, -0.05) is 37.5 Å². The highest BCUT2D eigenvalue weighted by atomic mass is 15.2. The van der Waals surface area contributed by atoms with E-state index in [0.717, 1.165) is 57.5 Å². The maximum absolute atomic E-state index is 4.94. The Hall–Kier alpha value is -4.53. The number of rotatable bonds is 6. The number of nitrogens with one attached hydrogen (secondary N) is 3. The standard InChI is InChI=1S/C28H27N9/c1-2-8-20(9-3-1)37-17-31-25-26(30-16-24-33-22-10-4-5-11-23(22)34-24)35-28(36-27(25)37)32-19-12-13-21-18(15-19)7-6-14-29-21/h4-7,10-15,17,20H,1-3,8-9,16H2,(H,33,34)(H2,30,32,35,36). The van der Waals surface area contributed by atoms with Gasteiger partial charge in [0.25, 0.3) is 0 Å². The van der Waals surface area contributed by atoms with E-state index in [4.69, 9.17) is 19.9 Å². The smallest absolute Gasteiger partial charge is 0.231 e. The molecular formula is C28H27N9. The molecule has 0 spiro atoms. The molecule has 3 N–H and O–H groups in total. The molecule has 0 radical (unpaired) electrons. The molecule has 0 unspecified atom stereocenters. The Kier molecular flexibility index (Phi) is 5.38. The first-order chi connectivity index (χ1) is 18.3. The van der Waals surface area contributed by atoms with Crippen LogP contribution in [0.5, 0.6) is 0 Å². The van der Waals surface area contributed by atoms with Gasteiger partial charge in [-0.2, -0.15) is 9.97 Å². The van der Waals surface area contributed by atoms with Gasteiger partial charge in [-0.25, -0.2) is 9.97 Å². The highest BCUT2D eigenvalue weighted by Gasteiger charge is 2.21. The van der Waals surface area contributed by atoms with Gasteiger partial charge < -0.3 is 20.2 Å². The highest BCUT2D eigenvalue weighted by Crippen LogP contribution is 2.32. The van der Waals surface area contributed by atoms with Crippen molar-refractivity contribution in [2.24, 2.45) is 0 Å². The van der Waals surface area contributed by atoms with Gasteiger partial charge >= 0.3 is 0 Å². The van der Waals surface area contributed by atoms with Gasteiger partial charge in [0.05, 0.1) is 29.4 Å². The van der Waals surface area contributed by atoms with Crippen LogP contribution in [0, 0.1) is 0 Å². The normalized spacial score (nSPS) is 14.5. The fourth-order valence-electron chi connectivity index (χ4n) is 5.26. The Balaban J connectivity index is 1.25. The number of fused-ring (bicyclic) bond motifs is 3. The summed E-state index contributed by atoms with van der Waals surface area (Å²) in [4.78, 5) is 27.0. The van der Waals surface area contributed by atoms with Gasteiger partial charge in [0.2, 0.25) is 5.95 Å². The summed E-state index contributed by atoms with van der Waals surface area (Å²) < 4.78 is 2.23. The first-order valence-corrected chi connectivity index (χ1v) is 12.8. The number of hydrogen-bond acceptors (Lipinski definition) is 7. The van der Waals surface area contributed by atoms with Crippen LogP contribution in [0.15, 0.2) is 67.1 Å². The largest absolute Gasteiger partial charge is 0.361 e. The number of H-pyrrole nitrogens is 1. The second-order valence-corrected chi connectivity index (χ2v) is 9.60. The minimum Gasteiger partial charge on any atom is -0.361 e. The van der Waals surface area contributed by atoms with E-state index in [1.165, 1.54) is 19.3 Å². The van der Waals surface area contributed by atoms with Crippen molar-refractivity contribution in [2.75, 3.05) is 10.6 Å². The summed E-state index contributed by atoms with van der Waals surface area (Å²) in [6.45, 7) is 0.498. The van der Waals surface area contributed by atoms with E-state index in [2.05, 4.69) is 37.3 Å². The predicted octanol–water partition coefficient (Wildman–Crippen LogP) is 6.11. The van der Waals surface area contributed by atoms with E-state index in [1.807, 2.05) is 48.8 Å². The minimum atomic E-state index is 0.413. The lowest BCUT2D eigenvalue weighted by atomic mass is 9.95. The van der Waals surface area contributed by atoms with Crippen LogP contribution in [0.25, 0.3) is 33.1 Å². The molecule has 1 aliphatic carbocycles. The predicted molar refractivity (Wildman–Crippen MR) is 146 cm³/mol. The van der Waals surface area contributed by atoms with Crippen LogP contribution in [0.1, 0.15) is 44.0 Å². The van der Waals surface area contributed by atoms with Crippen molar-refractivity contribution in [2.45, 2.75) is 44.7 Å². The van der Waals surface area contributed by atoms with Crippen LogP contribution in [0.4, 0.5) is 17.5 Å². The van der Waals surface area contributed by atoms with E-state index in [-0.39, 0.29) is 0 Å². The molecule has 184 valence electrons. The van der Waals surface area contributed by atoms with Crippen molar-refractivity contribution in [1.29, 1.82) is 0 Å². The molecule has 1 fully saturated rings. The molecule has 9 nitrogen and oxygen atoms in total. The quantitative estimate of drug-likeness (QED) is 0.259. The summed E-state index contributed by atoms with van der Waals surface area (Å²) in [5.74, 6) is 2.06. The van der Waals surface area contributed by atoms with Crippen molar-refractivity contribution in [3.8, 4) is 0 Å². The van der Waals surface area contributed by atoms with Gasteiger partial charge in [0, 0.05) is 23.3 Å². The van der Waals surface area contributed by atoms with Gasteiger partial charge in [0.1, 0.15) is 5.82 Å². The molecule has 0 saturated heterocycles. The van der Waals surface area contributed by atoms with Crippen molar-refractivity contribution in [3.63, 3.8) is 0 Å². The monoisotopic (exact) mass is 489 g/mol. The van der Waals surface area contributed by atoms with Crippen LogP contribution < -0.4 is 10.6 Å². The first kappa shape index (κ1) is 21.7. The number of para-hydroxylation sites is 2. The van der Waals surface area contributed by atoms with E-state index in [1.54, 1.807) is 6.20 Å². The summed E-state index contributed by atoms with van der Waals surface area (Å²) in [6, 6.07) is 18.5. The van der Waals surface area contributed by atoms with E-state index in [0.29, 0.717) is 24.4 Å². The Morgan fingerprint density at radius 3 is 2.73 bits per heavy atom. The number of imidazole rings is 2. The topological polar surface area (TPSA) is 109 Å². The molecule has 0 bridgehead atoms. The van der Waals surface area contributed by atoms with Crippen LogP contribution >= 0.6 is 0 Å². The minimum absolute atomic E-state index is 0.413. The number of benzene rings is 2. The highest BCUT2D eigenvalue weighted by molar-refractivity contribution is 5.86. The van der Waals surface area contributed by atoms with Crippen LogP contribution in [0.3, 0.4) is 0 Å². The molecule has 4 aromatic heterocycles. The summed E-state index contributed by atoms with van der Waals surface area (Å²) in [7, 11) is 0. The number of hydrogen-bond donors (Lipinski definition) is 3. The summed E-state index contributed by atoms with van der Waals surface area (Å²) >= 11 is 0. The van der Waals surface area contributed by atoms with Crippen molar-refractivity contribution < 1.29 is 0 Å². The SMILES string of the molecule is c1cnc2ccc(Nc3nc(NCc4nc5ccccc5[nH]4)c4ncn(C5CCCCC5)c4n3)cc2c1. The van der Waals surface area contributed by atoms with Crippen LogP contribution in [-0.2, 0) is 6.54 Å². The summed E-state index contributed by atoms with van der Waals surface area (Å²) in [6.07, 6.45) is 9.80. The van der Waals surface area contributed by atoms with E-state index >= 15 is 0 Å². The third kappa shape index (κ3) is 4.22. The molecule has 1 aliphatic rings. The zero-order chi connectivity index (χ0) is 24.6. The van der Waals surface area contributed by atoms with Gasteiger partial charge in [-0.05, 0) is 49.2 Å². The number of anilines is 3. The first-order valence-electron chi connectivity index (χ1n) is 12.8. The molecule has 0 atom stereocenters. The molecular weight excluding hydrogens is 462 g/mol. The van der Waals surface area contributed by atoms with Gasteiger partial charge in [-0.15, -0.1) is 0 Å². The van der Waals surface area contributed by atoms with Gasteiger partial charge in [-0.3, -0.25) is 4.98 Å². The fraction of sp³-hybridized carbons (Fsp3) is 0.250. The Labute approximate surface area is 213 Å². The zero-order valence-electron chi connectivity index (χ0n) is 20.4. The molecule has 37 heavy (non-hydrogen) atoms. The Morgan fingerprint density at radius 1 is 0.892 bits per heavy atom. The number of aromatic nitrogens is 7. The lowest BCUT2D eigenvalue weighted by Gasteiger charge is -2.23. The third-order valence-corrected chi connectivity index (χ3v) is 7.11. The molecule has 9 heteroatoms. The third-order valence-electron chi connectivity index (χ3n) is 7.11. The number of nitrogens with zero attached hydrogens (tertiary/aromatic N) is 6. The maximum atomic E-state index is 4.94. The Morgan fingerprint density at radius 2 is 1.81 bits per heavy atom. The fourth-order valence-corrected chi connectivity index (χ4v) is 5.26. The molecule has 4 heterocycles. The summed E-state index contributed by atoms with van der Waals surface area (Å²) in [5.41, 5.74) is 5.44. The van der Waals surface area contributed by atoms with E-state index in [9.17, 15) is 0 Å². The molecule has 6 aromatic rings. The van der Waals surface area contributed by atoms with Crippen LogP contribution in [0.2, 0.25) is 0 Å². The molecule has 0 amide bonds. The Bertz CT molecular complexity index is 1680. The average Bonchev–Trinajstić information content (AvgIpc) is 3.56. The second-order valence-electron chi connectivity index (χ2n) is 9.60. The molecule has 1 saturated carbocycles. The summed E-state index contributed by atoms with van der Waals surface area (Å²) in [5, 5.41) is 7.94. The number of pyridine rings is 1. The lowest BCUT2D eigenvalue weighted by molar-refractivity contribution is 0.358. The molecule has 7 rings (SSSR count).